The van der Waals surface area contributed by atoms with E-state index in [4.69, 9.17) is 14.6 Å². The molecule has 2 aromatic carbocycles. The molecule has 0 unspecified atom stereocenters. The minimum atomic E-state index is -3.90. The van der Waals surface area contributed by atoms with E-state index >= 15 is 0 Å². The van der Waals surface area contributed by atoms with Crippen LogP contribution in [0.15, 0.2) is 53.4 Å². The van der Waals surface area contributed by atoms with Crippen molar-refractivity contribution in [1.29, 1.82) is 0 Å². The first-order valence-electron chi connectivity index (χ1n) is 8.94. The molecule has 29 heavy (non-hydrogen) atoms. The van der Waals surface area contributed by atoms with Crippen LogP contribution in [0.3, 0.4) is 0 Å². The van der Waals surface area contributed by atoms with Crippen molar-refractivity contribution in [2.45, 2.75) is 31.8 Å². The van der Waals surface area contributed by atoms with E-state index in [1.807, 2.05) is 13.8 Å². The molecule has 0 aliphatic heterocycles. The zero-order valence-corrected chi connectivity index (χ0v) is 17.2. The van der Waals surface area contributed by atoms with Crippen LogP contribution in [0.2, 0.25) is 0 Å². The van der Waals surface area contributed by atoms with Crippen LogP contribution in [0, 0.1) is 5.92 Å². The lowest BCUT2D eigenvalue weighted by Gasteiger charge is -2.14. The molecule has 0 radical (unpaired) electrons. The zero-order valence-electron chi connectivity index (χ0n) is 16.4. The average Bonchev–Trinajstić information content (AvgIpc) is 2.66. The molecule has 2 rings (SSSR count). The van der Waals surface area contributed by atoms with Gasteiger partial charge in [0, 0.05) is 5.69 Å². The van der Waals surface area contributed by atoms with Crippen molar-refractivity contribution in [2.24, 2.45) is 11.1 Å². The van der Waals surface area contributed by atoms with Crippen LogP contribution in [0.5, 0.6) is 5.75 Å². The van der Waals surface area contributed by atoms with Gasteiger partial charge in [-0.1, -0.05) is 19.9 Å². The highest BCUT2D eigenvalue weighted by atomic mass is 32.2. The van der Waals surface area contributed by atoms with Crippen LogP contribution in [-0.4, -0.2) is 33.0 Å². The summed E-state index contributed by atoms with van der Waals surface area (Å²) in [4.78, 5) is 24.4. The van der Waals surface area contributed by atoms with Crippen molar-refractivity contribution < 1.29 is 27.5 Å². The first-order chi connectivity index (χ1) is 13.6. The van der Waals surface area contributed by atoms with E-state index in [0.29, 0.717) is 18.3 Å². The molecule has 9 heteroatoms. The fraction of sp³-hybridized carbons (Fsp3) is 0.300. The lowest BCUT2D eigenvalue weighted by Crippen LogP contribution is -2.30. The highest BCUT2D eigenvalue weighted by Crippen LogP contribution is 2.16. The van der Waals surface area contributed by atoms with Crippen molar-refractivity contribution in [3.05, 3.63) is 54.1 Å². The summed E-state index contributed by atoms with van der Waals surface area (Å²) in [5.41, 5.74) is 0.494. The van der Waals surface area contributed by atoms with Crippen LogP contribution >= 0.6 is 0 Å². The van der Waals surface area contributed by atoms with E-state index in [9.17, 15) is 18.0 Å². The molecule has 0 bridgehead atoms. The number of nitrogens with one attached hydrogen (secondary N) is 1. The molecule has 0 saturated heterocycles. The first-order valence-corrected chi connectivity index (χ1v) is 10.5. The maximum atomic E-state index is 12.3. The summed E-state index contributed by atoms with van der Waals surface area (Å²) in [6, 6.07) is 11.9. The standard InChI is InChI=1S/C20H24N2O6S/c1-13(2)12-27-17-9-7-15(8-10-17)20(24)28-14(3)19(23)22-16-5-4-6-18(11-16)29(21,25)26/h4-11,13-14H,12H2,1-3H3,(H,22,23)(H2,21,25,26)/t14-/m0/s1. The Morgan fingerprint density at radius 3 is 2.31 bits per heavy atom. The van der Waals surface area contributed by atoms with Crippen LogP contribution < -0.4 is 15.2 Å². The number of primary sulfonamides is 1. The second kappa shape index (κ2) is 9.53. The fourth-order valence-corrected chi connectivity index (χ4v) is 2.79. The molecule has 0 fully saturated rings. The summed E-state index contributed by atoms with van der Waals surface area (Å²) >= 11 is 0. The molecule has 0 heterocycles. The third-order valence-electron chi connectivity index (χ3n) is 3.76. The van der Waals surface area contributed by atoms with E-state index in [0.717, 1.165) is 0 Å². The van der Waals surface area contributed by atoms with Gasteiger partial charge in [0.15, 0.2) is 6.10 Å². The predicted molar refractivity (Wildman–Crippen MR) is 108 cm³/mol. The van der Waals surface area contributed by atoms with Gasteiger partial charge >= 0.3 is 5.97 Å². The van der Waals surface area contributed by atoms with Crippen molar-refractivity contribution in [1.82, 2.24) is 0 Å². The van der Waals surface area contributed by atoms with Crippen molar-refractivity contribution in [3.8, 4) is 5.75 Å². The van der Waals surface area contributed by atoms with Gasteiger partial charge in [-0.3, -0.25) is 4.79 Å². The number of benzene rings is 2. The summed E-state index contributed by atoms with van der Waals surface area (Å²) < 4.78 is 33.5. The molecule has 156 valence electrons. The molecular formula is C20H24N2O6S. The molecule has 3 N–H and O–H groups in total. The largest absolute Gasteiger partial charge is 0.493 e. The average molecular weight is 420 g/mol. The fourth-order valence-electron chi connectivity index (χ4n) is 2.23. The quantitative estimate of drug-likeness (QED) is 0.632. The normalized spacial score (nSPS) is 12.3. The highest BCUT2D eigenvalue weighted by molar-refractivity contribution is 7.89. The van der Waals surface area contributed by atoms with Gasteiger partial charge in [-0.25, -0.2) is 18.4 Å². The molecule has 0 aromatic heterocycles. The number of sulfonamides is 1. The molecule has 0 saturated carbocycles. The summed E-state index contributed by atoms with van der Waals surface area (Å²) in [6.45, 7) is 6.04. The Labute approximate surface area is 170 Å². The Balaban J connectivity index is 1.96. The number of carbonyl (C=O) groups excluding carboxylic acids is 2. The molecule has 0 aliphatic rings. The summed E-state index contributed by atoms with van der Waals surface area (Å²) in [5, 5.41) is 7.56. The number of hydrogen-bond donors (Lipinski definition) is 2. The monoisotopic (exact) mass is 420 g/mol. The van der Waals surface area contributed by atoms with Crippen LogP contribution in [0.4, 0.5) is 5.69 Å². The van der Waals surface area contributed by atoms with Gasteiger partial charge in [-0.05, 0) is 55.3 Å². The molecule has 8 nitrogen and oxygen atoms in total. The Bertz CT molecular complexity index is 971. The minimum absolute atomic E-state index is 0.139. The van der Waals surface area contributed by atoms with Crippen molar-refractivity contribution in [2.75, 3.05) is 11.9 Å². The molecule has 1 amide bonds. The van der Waals surface area contributed by atoms with E-state index < -0.39 is 28.0 Å². The molecule has 2 aromatic rings. The number of carbonyl (C=O) groups is 2. The number of rotatable bonds is 8. The number of ether oxygens (including phenoxy) is 2. The molecule has 0 aliphatic carbocycles. The summed E-state index contributed by atoms with van der Waals surface area (Å²) in [7, 11) is -3.90. The number of hydrogen-bond acceptors (Lipinski definition) is 6. The van der Waals surface area contributed by atoms with Crippen molar-refractivity contribution >= 4 is 27.6 Å². The Morgan fingerprint density at radius 1 is 1.07 bits per heavy atom. The maximum Gasteiger partial charge on any atom is 0.338 e. The van der Waals surface area contributed by atoms with Crippen molar-refractivity contribution in [3.63, 3.8) is 0 Å². The third kappa shape index (κ3) is 6.88. The maximum absolute atomic E-state index is 12.3. The zero-order chi connectivity index (χ0) is 21.6. The van der Waals surface area contributed by atoms with E-state index in [-0.39, 0.29) is 16.1 Å². The number of anilines is 1. The number of nitrogens with two attached hydrogens (primary N) is 1. The van der Waals surface area contributed by atoms with E-state index in [2.05, 4.69) is 5.32 Å². The lowest BCUT2D eigenvalue weighted by molar-refractivity contribution is -0.123. The predicted octanol–water partition coefficient (Wildman–Crippen LogP) is 2.55. The van der Waals surface area contributed by atoms with E-state index in [1.54, 1.807) is 24.3 Å². The molecule has 1 atom stereocenters. The van der Waals surface area contributed by atoms with Crippen LogP contribution in [-0.2, 0) is 19.6 Å². The number of amides is 1. The summed E-state index contributed by atoms with van der Waals surface area (Å²) in [5.74, 6) is -0.261. The van der Waals surface area contributed by atoms with Gasteiger partial charge in [0.05, 0.1) is 17.1 Å². The molecular weight excluding hydrogens is 396 g/mol. The van der Waals surface area contributed by atoms with Gasteiger partial charge in [0.1, 0.15) is 5.75 Å². The Kier molecular flexibility index (Phi) is 7.35. The number of esters is 1. The van der Waals surface area contributed by atoms with Gasteiger partial charge < -0.3 is 14.8 Å². The van der Waals surface area contributed by atoms with Gasteiger partial charge in [0.2, 0.25) is 10.0 Å². The first kappa shape index (κ1) is 22.4. The second-order valence-corrected chi connectivity index (χ2v) is 8.40. The SMILES string of the molecule is CC(C)COc1ccc(C(=O)O[C@@H](C)C(=O)Nc2cccc(S(N)(=O)=O)c2)cc1. The third-order valence-corrected chi connectivity index (χ3v) is 4.67. The Hall–Kier alpha value is -2.91. The minimum Gasteiger partial charge on any atom is -0.493 e. The lowest BCUT2D eigenvalue weighted by atomic mass is 10.2. The smallest absolute Gasteiger partial charge is 0.338 e. The van der Waals surface area contributed by atoms with Gasteiger partial charge in [0.25, 0.3) is 5.91 Å². The van der Waals surface area contributed by atoms with Crippen LogP contribution in [0.1, 0.15) is 31.1 Å². The Morgan fingerprint density at radius 2 is 1.72 bits per heavy atom. The van der Waals surface area contributed by atoms with E-state index in [1.165, 1.54) is 31.2 Å². The molecule has 0 spiro atoms. The summed E-state index contributed by atoms with van der Waals surface area (Å²) in [6.07, 6.45) is -1.10. The second-order valence-electron chi connectivity index (χ2n) is 6.84. The topological polar surface area (TPSA) is 125 Å². The van der Waals surface area contributed by atoms with Gasteiger partial charge in [-0.15, -0.1) is 0 Å². The van der Waals surface area contributed by atoms with Crippen LogP contribution in [0.25, 0.3) is 0 Å². The van der Waals surface area contributed by atoms with Gasteiger partial charge in [-0.2, -0.15) is 0 Å². The highest BCUT2D eigenvalue weighted by Gasteiger charge is 2.20.